The van der Waals surface area contributed by atoms with Gasteiger partial charge in [0.1, 0.15) is 0 Å². The van der Waals surface area contributed by atoms with Gasteiger partial charge in [-0.2, -0.15) is 0 Å². The lowest BCUT2D eigenvalue weighted by molar-refractivity contribution is 0.0564. The van der Waals surface area contributed by atoms with Gasteiger partial charge in [-0.15, -0.1) is 0 Å². The molecule has 0 radical (unpaired) electrons. The highest BCUT2D eigenvalue weighted by atomic mass is 16.3. The third-order valence-electron chi connectivity index (χ3n) is 4.71. The molecule has 1 saturated heterocycles. The Morgan fingerprint density at radius 1 is 1.14 bits per heavy atom. The van der Waals surface area contributed by atoms with Crippen LogP contribution in [0.25, 0.3) is 0 Å². The Hall–Kier alpha value is -1.71. The Kier molecular flexibility index (Phi) is 4.86. The van der Waals surface area contributed by atoms with Crippen molar-refractivity contribution in [3.8, 4) is 0 Å². The molecule has 2 aromatic rings. The summed E-state index contributed by atoms with van der Waals surface area (Å²) < 4.78 is 0. The first-order valence-corrected chi connectivity index (χ1v) is 8.10. The lowest BCUT2D eigenvalue weighted by Crippen LogP contribution is -2.35. The van der Waals surface area contributed by atoms with E-state index in [1.54, 1.807) is 0 Å². The third-order valence-corrected chi connectivity index (χ3v) is 4.71. The zero-order chi connectivity index (χ0) is 15.4. The molecular formula is C19H24N2O. The standard InChI is InChI=1S/C19H24N2O/c1-15-6-5-11-20-18(15)14-21-12-9-17(10-13-21)19(22)16-7-3-2-4-8-16/h2-8,11,17,19,22H,9-10,12-14H2,1H3. The lowest BCUT2D eigenvalue weighted by atomic mass is 9.87. The summed E-state index contributed by atoms with van der Waals surface area (Å²) in [5.74, 6) is 0.364. The quantitative estimate of drug-likeness (QED) is 0.940. The SMILES string of the molecule is Cc1cccnc1CN1CCC(C(O)c2ccccc2)CC1. The fourth-order valence-electron chi connectivity index (χ4n) is 3.24. The van der Waals surface area contributed by atoms with Crippen molar-refractivity contribution < 1.29 is 5.11 Å². The molecule has 22 heavy (non-hydrogen) atoms. The second-order valence-corrected chi connectivity index (χ2v) is 6.24. The molecule has 1 atom stereocenters. The first-order chi connectivity index (χ1) is 10.7. The zero-order valence-corrected chi connectivity index (χ0v) is 13.2. The average molecular weight is 296 g/mol. The molecule has 3 rings (SSSR count). The maximum Gasteiger partial charge on any atom is 0.0819 e. The Morgan fingerprint density at radius 3 is 2.55 bits per heavy atom. The Morgan fingerprint density at radius 2 is 1.86 bits per heavy atom. The predicted molar refractivity (Wildman–Crippen MR) is 88.4 cm³/mol. The maximum atomic E-state index is 10.5. The largest absolute Gasteiger partial charge is 0.388 e. The van der Waals surface area contributed by atoms with Gasteiger partial charge in [-0.3, -0.25) is 9.88 Å². The van der Waals surface area contributed by atoms with Gasteiger partial charge in [0.05, 0.1) is 11.8 Å². The Balaban J connectivity index is 1.55. The molecule has 1 fully saturated rings. The Labute approximate surface area is 132 Å². The van der Waals surface area contributed by atoms with E-state index in [9.17, 15) is 5.11 Å². The highest BCUT2D eigenvalue weighted by Gasteiger charge is 2.26. The molecule has 0 saturated carbocycles. The topological polar surface area (TPSA) is 36.4 Å². The zero-order valence-electron chi connectivity index (χ0n) is 13.2. The first kappa shape index (κ1) is 15.2. The van der Waals surface area contributed by atoms with Crippen molar-refractivity contribution in [2.75, 3.05) is 13.1 Å². The lowest BCUT2D eigenvalue weighted by Gasteiger charge is -2.34. The molecule has 3 heteroatoms. The van der Waals surface area contributed by atoms with Gasteiger partial charge < -0.3 is 5.11 Å². The summed E-state index contributed by atoms with van der Waals surface area (Å²) in [4.78, 5) is 6.93. The van der Waals surface area contributed by atoms with Crippen LogP contribution in [0.1, 0.15) is 35.8 Å². The van der Waals surface area contributed by atoms with Crippen molar-refractivity contribution in [1.29, 1.82) is 0 Å². The van der Waals surface area contributed by atoms with Gasteiger partial charge in [-0.05, 0) is 56.0 Å². The van der Waals surface area contributed by atoms with Crippen molar-refractivity contribution in [3.63, 3.8) is 0 Å². The minimum absolute atomic E-state index is 0.333. The molecule has 0 aliphatic carbocycles. The number of aliphatic hydroxyl groups excluding tert-OH is 1. The molecule has 116 valence electrons. The summed E-state index contributed by atoms with van der Waals surface area (Å²) in [7, 11) is 0. The van der Waals surface area contributed by atoms with Gasteiger partial charge in [0.2, 0.25) is 0 Å². The molecule has 0 amide bonds. The molecule has 1 aromatic heterocycles. The van der Waals surface area contributed by atoms with E-state index in [0.29, 0.717) is 5.92 Å². The van der Waals surface area contributed by atoms with Crippen LogP contribution in [0.2, 0.25) is 0 Å². The van der Waals surface area contributed by atoms with Gasteiger partial charge in [-0.25, -0.2) is 0 Å². The molecule has 1 aromatic carbocycles. The summed E-state index contributed by atoms with van der Waals surface area (Å²) in [6.45, 7) is 5.10. The summed E-state index contributed by atoms with van der Waals surface area (Å²) in [5, 5.41) is 10.5. The van der Waals surface area contributed by atoms with E-state index < -0.39 is 0 Å². The molecule has 2 heterocycles. The van der Waals surface area contributed by atoms with Crippen LogP contribution in [0, 0.1) is 12.8 Å². The van der Waals surface area contributed by atoms with E-state index in [4.69, 9.17) is 0 Å². The number of aromatic nitrogens is 1. The second-order valence-electron chi connectivity index (χ2n) is 6.24. The van der Waals surface area contributed by atoms with Crippen LogP contribution < -0.4 is 0 Å². The van der Waals surface area contributed by atoms with Crippen molar-refractivity contribution in [2.24, 2.45) is 5.92 Å². The first-order valence-electron chi connectivity index (χ1n) is 8.10. The monoisotopic (exact) mass is 296 g/mol. The minimum atomic E-state index is -0.333. The van der Waals surface area contributed by atoms with E-state index in [0.717, 1.165) is 38.0 Å². The van der Waals surface area contributed by atoms with Gasteiger partial charge >= 0.3 is 0 Å². The van der Waals surface area contributed by atoms with Crippen LogP contribution in [0.15, 0.2) is 48.7 Å². The number of aryl methyl sites for hydroxylation is 1. The van der Waals surface area contributed by atoms with Gasteiger partial charge in [0.15, 0.2) is 0 Å². The van der Waals surface area contributed by atoms with E-state index in [1.807, 2.05) is 42.6 Å². The van der Waals surface area contributed by atoms with Crippen LogP contribution in [0.3, 0.4) is 0 Å². The van der Waals surface area contributed by atoms with Crippen molar-refractivity contribution >= 4 is 0 Å². The fourth-order valence-corrected chi connectivity index (χ4v) is 3.24. The molecular weight excluding hydrogens is 272 g/mol. The number of hydrogen-bond donors (Lipinski definition) is 1. The number of benzene rings is 1. The summed E-state index contributed by atoms with van der Waals surface area (Å²) in [6.07, 6.45) is 3.62. The maximum absolute atomic E-state index is 10.5. The van der Waals surface area contributed by atoms with Crippen LogP contribution in [0.4, 0.5) is 0 Å². The van der Waals surface area contributed by atoms with Crippen LogP contribution in [0.5, 0.6) is 0 Å². The van der Waals surface area contributed by atoms with Crippen molar-refractivity contribution in [3.05, 3.63) is 65.5 Å². The molecule has 0 bridgehead atoms. The Bertz CT molecular complexity index is 591. The number of nitrogens with zero attached hydrogens (tertiary/aromatic N) is 2. The number of likely N-dealkylation sites (tertiary alicyclic amines) is 1. The molecule has 0 spiro atoms. The number of pyridine rings is 1. The molecule has 1 N–H and O–H groups in total. The predicted octanol–water partition coefficient (Wildman–Crippen LogP) is 3.34. The number of aliphatic hydroxyl groups is 1. The molecule has 1 aliphatic rings. The summed E-state index contributed by atoms with van der Waals surface area (Å²) in [5.41, 5.74) is 3.47. The van der Waals surface area contributed by atoms with E-state index in [1.165, 1.54) is 11.3 Å². The average Bonchev–Trinajstić information content (AvgIpc) is 2.58. The molecule has 3 nitrogen and oxygen atoms in total. The van der Waals surface area contributed by atoms with E-state index in [-0.39, 0.29) is 6.10 Å². The second kappa shape index (κ2) is 7.03. The number of hydrogen-bond acceptors (Lipinski definition) is 3. The molecule has 1 aliphatic heterocycles. The normalized spacial score (nSPS) is 18.3. The highest BCUT2D eigenvalue weighted by molar-refractivity contribution is 5.19. The van der Waals surface area contributed by atoms with Crippen LogP contribution in [-0.2, 0) is 6.54 Å². The van der Waals surface area contributed by atoms with E-state index >= 15 is 0 Å². The number of piperidine rings is 1. The molecule has 1 unspecified atom stereocenters. The van der Waals surface area contributed by atoms with Crippen LogP contribution >= 0.6 is 0 Å². The summed E-state index contributed by atoms with van der Waals surface area (Å²) >= 11 is 0. The highest BCUT2D eigenvalue weighted by Crippen LogP contribution is 2.31. The van der Waals surface area contributed by atoms with E-state index in [2.05, 4.69) is 22.9 Å². The number of rotatable bonds is 4. The van der Waals surface area contributed by atoms with Crippen LogP contribution in [-0.4, -0.2) is 28.1 Å². The van der Waals surface area contributed by atoms with Gasteiger partial charge in [-0.1, -0.05) is 36.4 Å². The summed E-state index contributed by atoms with van der Waals surface area (Å²) in [6, 6.07) is 14.1. The smallest absolute Gasteiger partial charge is 0.0819 e. The van der Waals surface area contributed by atoms with Gasteiger partial charge in [0.25, 0.3) is 0 Å². The van der Waals surface area contributed by atoms with Crippen molar-refractivity contribution in [2.45, 2.75) is 32.4 Å². The van der Waals surface area contributed by atoms with Gasteiger partial charge in [0, 0.05) is 12.7 Å². The fraction of sp³-hybridized carbons (Fsp3) is 0.421. The van der Waals surface area contributed by atoms with Crippen molar-refractivity contribution in [1.82, 2.24) is 9.88 Å². The minimum Gasteiger partial charge on any atom is -0.388 e. The third kappa shape index (κ3) is 3.54.